The van der Waals surface area contributed by atoms with Crippen molar-refractivity contribution < 1.29 is 9.47 Å². The summed E-state index contributed by atoms with van der Waals surface area (Å²) in [5.41, 5.74) is 13.5. The Morgan fingerprint density at radius 1 is 1.22 bits per heavy atom. The van der Waals surface area contributed by atoms with Gasteiger partial charge in [-0.15, -0.1) is 0 Å². The lowest BCUT2D eigenvalue weighted by atomic mass is 10.1. The second-order valence-corrected chi connectivity index (χ2v) is 4.26. The predicted molar refractivity (Wildman–Crippen MR) is 73.0 cm³/mol. The third kappa shape index (κ3) is 3.87. The fourth-order valence-electron chi connectivity index (χ4n) is 1.69. The first-order valence-corrected chi connectivity index (χ1v) is 6.00. The van der Waals surface area contributed by atoms with E-state index in [0.717, 1.165) is 29.2 Å². The average molecular weight is 253 g/mol. The molecule has 5 heteroatoms. The summed E-state index contributed by atoms with van der Waals surface area (Å²) in [6.07, 6.45) is 0. The second kappa shape index (κ2) is 7.20. The summed E-state index contributed by atoms with van der Waals surface area (Å²) in [5, 5.41) is 3.28. The topological polar surface area (TPSA) is 82.5 Å². The Balaban J connectivity index is 2.71. The second-order valence-electron chi connectivity index (χ2n) is 4.26. The Morgan fingerprint density at radius 3 is 2.39 bits per heavy atom. The number of rotatable bonds is 7. The molecular weight excluding hydrogens is 230 g/mol. The van der Waals surface area contributed by atoms with E-state index in [-0.39, 0.29) is 6.04 Å². The van der Waals surface area contributed by atoms with Gasteiger partial charge in [0.05, 0.1) is 14.2 Å². The lowest BCUT2D eigenvalue weighted by Crippen LogP contribution is -2.39. The minimum atomic E-state index is -0.00884. The Hall–Kier alpha value is -1.30. The molecule has 0 fully saturated rings. The van der Waals surface area contributed by atoms with Gasteiger partial charge in [-0.25, -0.2) is 0 Å². The van der Waals surface area contributed by atoms with Crippen LogP contribution in [0, 0.1) is 6.92 Å². The molecule has 0 amide bonds. The molecule has 0 saturated carbocycles. The van der Waals surface area contributed by atoms with E-state index in [1.54, 1.807) is 14.2 Å². The lowest BCUT2D eigenvalue weighted by Gasteiger charge is -2.14. The molecule has 1 aromatic rings. The fraction of sp³-hybridized carbons (Fsp3) is 0.538. The van der Waals surface area contributed by atoms with E-state index in [4.69, 9.17) is 20.9 Å². The van der Waals surface area contributed by atoms with Crippen molar-refractivity contribution in [3.63, 3.8) is 0 Å². The first-order chi connectivity index (χ1) is 8.62. The largest absolute Gasteiger partial charge is 0.493 e. The molecular formula is C13H23N3O2. The highest BCUT2D eigenvalue weighted by Crippen LogP contribution is 2.30. The Kier molecular flexibility index (Phi) is 5.91. The molecule has 5 nitrogen and oxygen atoms in total. The van der Waals surface area contributed by atoms with Gasteiger partial charge < -0.3 is 26.3 Å². The molecule has 0 aliphatic carbocycles. The average Bonchev–Trinajstić information content (AvgIpc) is 2.39. The quantitative estimate of drug-likeness (QED) is 0.655. The van der Waals surface area contributed by atoms with Crippen LogP contribution in [0.5, 0.6) is 11.5 Å². The summed E-state index contributed by atoms with van der Waals surface area (Å²) < 4.78 is 10.5. The third-order valence-electron chi connectivity index (χ3n) is 2.87. The highest BCUT2D eigenvalue weighted by Gasteiger charge is 2.08. The first-order valence-electron chi connectivity index (χ1n) is 6.00. The Labute approximate surface area is 108 Å². The van der Waals surface area contributed by atoms with E-state index in [1.165, 1.54) is 0 Å². The van der Waals surface area contributed by atoms with Crippen LogP contribution in [-0.2, 0) is 6.54 Å². The molecule has 1 unspecified atom stereocenters. The minimum Gasteiger partial charge on any atom is -0.493 e. The molecule has 1 atom stereocenters. The van der Waals surface area contributed by atoms with Crippen LogP contribution >= 0.6 is 0 Å². The maximum atomic E-state index is 5.74. The number of nitrogens with two attached hydrogens (primary N) is 2. The van der Waals surface area contributed by atoms with Gasteiger partial charge in [0.25, 0.3) is 0 Å². The van der Waals surface area contributed by atoms with Crippen LogP contribution in [0.4, 0.5) is 0 Å². The molecule has 0 aromatic heterocycles. The fourth-order valence-corrected chi connectivity index (χ4v) is 1.69. The van der Waals surface area contributed by atoms with Crippen LogP contribution < -0.4 is 26.3 Å². The summed E-state index contributed by atoms with van der Waals surface area (Å²) in [6, 6.07) is 3.94. The third-order valence-corrected chi connectivity index (χ3v) is 2.87. The number of hydrogen-bond acceptors (Lipinski definition) is 5. The minimum absolute atomic E-state index is 0.00884. The summed E-state index contributed by atoms with van der Waals surface area (Å²) in [5.74, 6) is 1.49. The van der Waals surface area contributed by atoms with E-state index in [0.29, 0.717) is 13.1 Å². The molecule has 0 saturated heterocycles. The molecule has 0 aliphatic heterocycles. The summed E-state index contributed by atoms with van der Waals surface area (Å²) >= 11 is 0. The van der Waals surface area contributed by atoms with Gasteiger partial charge in [0.1, 0.15) is 0 Å². The van der Waals surface area contributed by atoms with Crippen LogP contribution in [0.25, 0.3) is 0 Å². The standard InChI is InChI=1S/C13H23N3O2/c1-9-4-12(17-2)13(18-3)5-10(9)7-16-8-11(15)6-14/h4-5,11,16H,6-8,14-15H2,1-3H3. The number of methoxy groups -OCH3 is 2. The van der Waals surface area contributed by atoms with Crippen LogP contribution in [0.15, 0.2) is 12.1 Å². The van der Waals surface area contributed by atoms with Crippen molar-refractivity contribution in [1.29, 1.82) is 0 Å². The van der Waals surface area contributed by atoms with Crippen LogP contribution in [0.3, 0.4) is 0 Å². The van der Waals surface area contributed by atoms with E-state index in [1.807, 2.05) is 19.1 Å². The normalized spacial score (nSPS) is 12.3. The van der Waals surface area contributed by atoms with Gasteiger partial charge in [-0.05, 0) is 30.2 Å². The van der Waals surface area contributed by atoms with Crippen molar-refractivity contribution in [2.45, 2.75) is 19.5 Å². The van der Waals surface area contributed by atoms with E-state index in [2.05, 4.69) is 5.32 Å². The smallest absolute Gasteiger partial charge is 0.161 e. The van der Waals surface area contributed by atoms with Crippen molar-refractivity contribution >= 4 is 0 Å². The monoisotopic (exact) mass is 253 g/mol. The predicted octanol–water partition coefficient (Wildman–Crippen LogP) is 0.388. The van der Waals surface area contributed by atoms with Crippen molar-refractivity contribution in [2.24, 2.45) is 11.5 Å². The molecule has 1 aromatic carbocycles. The number of benzene rings is 1. The Bertz CT molecular complexity index is 383. The molecule has 0 aliphatic rings. The number of hydrogen-bond donors (Lipinski definition) is 3. The van der Waals surface area contributed by atoms with Gasteiger partial charge in [0.15, 0.2) is 11.5 Å². The van der Waals surface area contributed by atoms with Gasteiger partial charge in [-0.3, -0.25) is 0 Å². The zero-order valence-electron chi connectivity index (χ0n) is 11.3. The van der Waals surface area contributed by atoms with Crippen molar-refractivity contribution in [3.05, 3.63) is 23.3 Å². The van der Waals surface area contributed by atoms with E-state index in [9.17, 15) is 0 Å². The molecule has 1 rings (SSSR count). The molecule has 0 radical (unpaired) electrons. The van der Waals surface area contributed by atoms with Gasteiger partial charge in [0.2, 0.25) is 0 Å². The van der Waals surface area contributed by atoms with Crippen molar-refractivity contribution in [3.8, 4) is 11.5 Å². The first kappa shape index (κ1) is 14.8. The summed E-state index contributed by atoms with van der Waals surface area (Å²) in [4.78, 5) is 0. The van der Waals surface area contributed by atoms with Gasteiger partial charge >= 0.3 is 0 Å². The zero-order chi connectivity index (χ0) is 13.5. The highest BCUT2D eigenvalue weighted by molar-refractivity contribution is 5.46. The number of aryl methyl sites for hydroxylation is 1. The number of nitrogens with one attached hydrogen (secondary N) is 1. The zero-order valence-corrected chi connectivity index (χ0v) is 11.3. The van der Waals surface area contributed by atoms with Gasteiger partial charge in [0, 0.05) is 25.7 Å². The van der Waals surface area contributed by atoms with Gasteiger partial charge in [-0.1, -0.05) is 0 Å². The van der Waals surface area contributed by atoms with E-state index >= 15 is 0 Å². The maximum absolute atomic E-state index is 5.74. The van der Waals surface area contributed by atoms with Crippen LogP contribution in [0.1, 0.15) is 11.1 Å². The van der Waals surface area contributed by atoms with Crippen LogP contribution in [0.2, 0.25) is 0 Å². The maximum Gasteiger partial charge on any atom is 0.161 e. The van der Waals surface area contributed by atoms with Crippen LogP contribution in [-0.4, -0.2) is 33.4 Å². The summed E-state index contributed by atoms with van der Waals surface area (Å²) in [6.45, 7) is 3.96. The Morgan fingerprint density at radius 2 is 1.83 bits per heavy atom. The molecule has 102 valence electrons. The molecule has 5 N–H and O–H groups in total. The summed E-state index contributed by atoms with van der Waals surface area (Å²) in [7, 11) is 3.27. The molecule has 18 heavy (non-hydrogen) atoms. The molecule has 0 bridgehead atoms. The molecule has 0 heterocycles. The SMILES string of the molecule is COc1cc(C)c(CNCC(N)CN)cc1OC. The lowest BCUT2D eigenvalue weighted by molar-refractivity contribution is 0.354. The van der Waals surface area contributed by atoms with Crippen molar-refractivity contribution in [2.75, 3.05) is 27.3 Å². The molecule has 0 spiro atoms. The highest BCUT2D eigenvalue weighted by atomic mass is 16.5. The van der Waals surface area contributed by atoms with Crippen molar-refractivity contribution in [1.82, 2.24) is 5.32 Å². The number of ether oxygens (including phenoxy) is 2. The van der Waals surface area contributed by atoms with E-state index < -0.39 is 0 Å². The van der Waals surface area contributed by atoms with Gasteiger partial charge in [-0.2, -0.15) is 0 Å².